The fraction of sp³-hybridized carbons (Fsp3) is 0.529. The van der Waals surface area contributed by atoms with Crippen molar-refractivity contribution >= 4 is 17.6 Å². The molecule has 1 aromatic carbocycles. The van der Waals surface area contributed by atoms with Gasteiger partial charge in [0.2, 0.25) is 5.91 Å². The van der Waals surface area contributed by atoms with Crippen molar-refractivity contribution in [3.05, 3.63) is 29.8 Å². The molecule has 0 fully saturated rings. The van der Waals surface area contributed by atoms with Crippen LogP contribution in [0.5, 0.6) is 0 Å². The van der Waals surface area contributed by atoms with Crippen LogP contribution in [0.1, 0.15) is 45.6 Å². The summed E-state index contributed by atoms with van der Waals surface area (Å²) in [5.41, 5.74) is 0.942. The van der Waals surface area contributed by atoms with Gasteiger partial charge in [0, 0.05) is 18.7 Å². The monoisotopic (exact) mass is 291 g/mol. The second-order valence-electron chi connectivity index (χ2n) is 5.45. The van der Waals surface area contributed by atoms with Crippen LogP contribution in [0.4, 0.5) is 5.69 Å². The van der Waals surface area contributed by atoms with E-state index in [1.165, 1.54) is 0 Å². The molecule has 4 nitrogen and oxygen atoms in total. The zero-order valence-corrected chi connectivity index (χ0v) is 13.3. The van der Waals surface area contributed by atoms with E-state index < -0.39 is 11.4 Å². The molecule has 116 valence electrons. The van der Waals surface area contributed by atoms with Crippen LogP contribution in [0, 0.1) is 12.3 Å². The van der Waals surface area contributed by atoms with Gasteiger partial charge in [0.05, 0.1) is 5.41 Å². The van der Waals surface area contributed by atoms with Crippen LogP contribution in [0.15, 0.2) is 24.3 Å². The number of carboxylic acid groups (broad SMARTS) is 1. The van der Waals surface area contributed by atoms with Crippen molar-refractivity contribution in [1.82, 2.24) is 0 Å². The van der Waals surface area contributed by atoms with Crippen molar-refractivity contribution in [2.75, 3.05) is 11.4 Å². The Morgan fingerprint density at radius 1 is 1.19 bits per heavy atom. The van der Waals surface area contributed by atoms with Crippen LogP contribution in [0.3, 0.4) is 0 Å². The maximum Gasteiger partial charge on any atom is 0.310 e. The van der Waals surface area contributed by atoms with E-state index in [4.69, 9.17) is 0 Å². The SMILES string of the molecule is CCN(C(=O)CC(CC)(CC)C(=O)O)c1cccc(C)c1. The molecule has 1 rings (SSSR count). The summed E-state index contributed by atoms with van der Waals surface area (Å²) in [5.74, 6) is -1.02. The number of hydrogen-bond donors (Lipinski definition) is 1. The first kappa shape index (κ1) is 17.2. The van der Waals surface area contributed by atoms with Crippen molar-refractivity contribution < 1.29 is 14.7 Å². The number of benzene rings is 1. The largest absolute Gasteiger partial charge is 0.481 e. The van der Waals surface area contributed by atoms with Crippen LogP contribution in [-0.4, -0.2) is 23.5 Å². The zero-order chi connectivity index (χ0) is 16.0. The Morgan fingerprint density at radius 3 is 2.24 bits per heavy atom. The number of rotatable bonds is 7. The Balaban J connectivity index is 3.01. The summed E-state index contributed by atoms with van der Waals surface area (Å²) in [5, 5.41) is 9.47. The van der Waals surface area contributed by atoms with Gasteiger partial charge in [0.1, 0.15) is 0 Å². The Hall–Kier alpha value is -1.84. The molecule has 0 heterocycles. The molecule has 0 aliphatic rings. The van der Waals surface area contributed by atoms with Gasteiger partial charge in [0.15, 0.2) is 0 Å². The molecule has 0 aromatic heterocycles. The standard InChI is InChI=1S/C17H25NO3/c1-5-17(6-2,16(20)21)12-15(19)18(7-3)14-10-8-9-13(4)11-14/h8-11H,5-7,12H2,1-4H3,(H,20,21). The van der Waals surface area contributed by atoms with Gasteiger partial charge in [-0.2, -0.15) is 0 Å². The molecular weight excluding hydrogens is 266 g/mol. The number of anilines is 1. The highest BCUT2D eigenvalue weighted by molar-refractivity contribution is 5.96. The quantitative estimate of drug-likeness (QED) is 0.834. The van der Waals surface area contributed by atoms with Crippen molar-refractivity contribution in [2.45, 2.75) is 47.0 Å². The maximum atomic E-state index is 12.6. The second-order valence-corrected chi connectivity index (χ2v) is 5.45. The van der Waals surface area contributed by atoms with E-state index in [0.717, 1.165) is 11.3 Å². The summed E-state index contributed by atoms with van der Waals surface area (Å²) in [6.45, 7) is 8.06. The second kappa shape index (κ2) is 7.25. The summed E-state index contributed by atoms with van der Waals surface area (Å²) in [4.78, 5) is 25.8. The van der Waals surface area contributed by atoms with Crippen LogP contribution in [-0.2, 0) is 9.59 Å². The Morgan fingerprint density at radius 2 is 1.81 bits per heavy atom. The average Bonchev–Trinajstić information content (AvgIpc) is 2.45. The van der Waals surface area contributed by atoms with Crippen LogP contribution < -0.4 is 4.90 Å². The summed E-state index contributed by atoms with van der Waals surface area (Å²) in [6, 6.07) is 7.71. The van der Waals surface area contributed by atoms with Gasteiger partial charge >= 0.3 is 5.97 Å². The van der Waals surface area contributed by atoms with E-state index in [-0.39, 0.29) is 12.3 Å². The molecule has 0 atom stereocenters. The van der Waals surface area contributed by atoms with Crippen molar-refractivity contribution in [1.29, 1.82) is 0 Å². The van der Waals surface area contributed by atoms with Gasteiger partial charge in [-0.1, -0.05) is 26.0 Å². The van der Waals surface area contributed by atoms with Crippen molar-refractivity contribution in [3.63, 3.8) is 0 Å². The van der Waals surface area contributed by atoms with E-state index in [1.807, 2.05) is 52.0 Å². The van der Waals surface area contributed by atoms with E-state index in [9.17, 15) is 14.7 Å². The number of hydrogen-bond acceptors (Lipinski definition) is 2. The van der Waals surface area contributed by atoms with Crippen molar-refractivity contribution in [2.24, 2.45) is 5.41 Å². The fourth-order valence-corrected chi connectivity index (χ4v) is 2.56. The molecule has 0 radical (unpaired) electrons. The maximum absolute atomic E-state index is 12.6. The molecule has 0 spiro atoms. The predicted octanol–water partition coefficient (Wildman–Crippen LogP) is 3.63. The Bertz CT molecular complexity index is 507. The molecule has 1 amide bonds. The minimum atomic E-state index is -0.964. The third-order valence-electron chi connectivity index (χ3n) is 4.23. The fourth-order valence-electron chi connectivity index (χ4n) is 2.56. The zero-order valence-electron chi connectivity index (χ0n) is 13.3. The van der Waals surface area contributed by atoms with Crippen LogP contribution >= 0.6 is 0 Å². The number of amides is 1. The van der Waals surface area contributed by atoms with Crippen LogP contribution in [0.2, 0.25) is 0 Å². The molecule has 1 aromatic rings. The van der Waals surface area contributed by atoms with Crippen molar-refractivity contribution in [3.8, 4) is 0 Å². The van der Waals surface area contributed by atoms with Gasteiger partial charge in [-0.3, -0.25) is 9.59 Å². The first-order chi connectivity index (χ1) is 9.90. The molecule has 0 bridgehead atoms. The average molecular weight is 291 g/mol. The minimum Gasteiger partial charge on any atom is -0.481 e. The molecule has 21 heavy (non-hydrogen) atoms. The van der Waals surface area contributed by atoms with Crippen LogP contribution in [0.25, 0.3) is 0 Å². The van der Waals surface area contributed by atoms with E-state index in [2.05, 4.69) is 0 Å². The molecule has 0 aliphatic heterocycles. The first-order valence-electron chi connectivity index (χ1n) is 7.50. The lowest BCUT2D eigenvalue weighted by molar-refractivity contribution is -0.152. The molecule has 0 saturated carbocycles. The van der Waals surface area contributed by atoms with Gasteiger partial charge < -0.3 is 10.0 Å². The number of carbonyl (C=O) groups excluding carboxylic acids is 1. The molecule has 1 N–H and O–H groups in total. The third kappa shape index (κ3) is 3.84. The van der Waals surface area contributed by atoms with Gasteiger partial charge in [0.25, 0.3) is 0 Å². The summed E-state index contributed by atoms with van der Waals surface area (Å²) in [7, 11) is 0. The predicted molar refractivity (Wildman–Crippen MR) is 84.5 cm³/mol. The molecule has 0 unspecified atom stereocenters. The minimum absolute atomic E-state index is 0.0388. The molecule has 4 heteroatoms. The number of carboxylic acids is 1. The highest BCUT2D eigenvalue weighted by Gasteiger charge is 2.38. The first-order valence-corrected chi connectivity index (χ1v) is 7.50. The Labute approximate surface area is 126 Å². The third-order valence-corrected chi connectivity index (χ3v) is 4.23. The molecular formula is C17H25NO3. The highest BCUT2D eigenvalue weighted by atomic mass is 16.4. The summed E-state index contributed by atoms with van der Waals surface area (Å²) < 4.78 is 0. The number of aliphatic carboxylic acids is 1. The molecule has 0 aliphatic carbocycles. The normalized spacial score (nSPS) is 11.2. The molecule has 0 saturated heterocycles. The van der Waals surface area contributed by atoms with Gasteiger partial charge in [-0.25, -0.2) is 0 Å². The topological polar surface area (TPSA) is 57.6 Å². The number of carbonyl (C=O) groups is 2. The van der Waals surface area contributed by atoms with Gasteiger partial charge in [-0.05, 0) is 44.4 Å². The lowest BCUT2D eigenvalue weighted by atomic mass is 9.79. The number of nitrogens with zero attached hydrogens (tertiary/aromatic N) is 1. The lowest BCUT2D eigenvalue weighted by Crippen LogP contribution is -2.39. The van der Waals surface area contributed by atoms with E-state index in [1.54, 1.807) is 4.90 Å². The summed E-state index contributed by atoms with van der Waals surface area (Å²) >= 11 is 0. The number of aryl methyl sites for hydroxylation is 1. The van der Waals surface area contributed by atoms with Gasteiger partial charge in [-0.15, -0.1) is 0 Å². The van der Waals surface area contributed by atoms with E-state index in [0.29, 0.717) is 19.4 Å². The Kier molecular flexibility index (Phi) is 5.94. The highest BCUT2D eigenvalue weighted by Crippen LogP contribution is 2.32. The summed E-state index contributed by atoms with van der Waals surface area (Å²) in [6.07, 6.45) is 0.947. The van der Waals surface area contributed by atoms with E-state index >= 15 is 0 Å². The smallest absolute Gasteiger partial charge is 0.310 e. The lowest BCUT2D eigenvalue weighted by Gasteiger charge is -2.30.